The Labute approximate surface area is 142 Å². The fourth-order valence-electron chi connectivity index (χ4n) is 2.84. The number of anilines is 2. The first-order valence-corrected chi connectivity index (χ1v) is 9.01. The van der Waals surface area contributed by atoms with Crippen LogP contribution < -0.4 is 4.90 Å². The molecule has 0 aliphatic carbocycles. The van der Waals surface area contributed by atoms with Gasteiger partial charge in [0, 0.05) is 36.0 Å². The molecule has 122 valence electrons. The third-order valence-corrected chi connectivity index (χ3v) is 4.96. The molecule has 1 heterocycles. The van der Waals surface area contributed by atoms with Crippen molar-refractivity contribution in [3.05, 3.63) is 48.5 Å². The van der Waals surface area contributed by atoms with E-state index in [1.54, 1.807) is 0 Å². The smallest absolute Gasteiger partial charge is 0.159 e. The van der Waals surface area contributed by atoms with Crippen LogP contribution in [0.15, 0.2) is 58.3 Å². The van der Waals surface area contributed by atoms with Gasteiger partial charge in [0.05, 0.1) is 11.4 Å². The van der Waals surface area contributed by atoms with Crippen LogP contribution in [0.1, 0.15) is 20.3 Å². The van der Waals surface area contributed by atoms with Crippen LogP contribution in [0.25, 0.3) is 0 Å². The van der Waals surface area contributed by atoms with E-state index < -0.39 is 0 Å². The Bertz CT molecular complexity index is 595. The van der Waals surface area contributed by atoms with Crippen molar-refractivity contribution in [1.29, 1.82) is 0 Å². The van der Waals surface area contributed by atoms with Gasteiger partial charge in [-0.15, -0.1) is 0 Å². The van der Waals surface area contributed by atoms with Crippen LogP contribution in [-0.2, 0) is 9.47 Å². The lowest BCUT2D eigenvalue weighted by atomic mass is 10.2. The van der Waals surface area contributed by atoms with E-state index in [2.05, 4.69) is 53.4 Å². The van der Waals surface area contributed by atoms with Gasteiger partial charge in [-0.05, 0) is 38.1 Å². The molecule has 0 saturated carbocycles. The lowest BCUT2D eigenvalue weighted by Crippen LogP contribution is -2.27. The van der Waals surface area contributed by atoms with E-state index in [4.69, 9.17) is 9.47 Å². The Morgan fingerprint density at radius 1 is 0.870 bits per heavy atom. The predicted molar refractivity (Wildman–Crippen MR) is 95.7 cm³/mol. The molecule has 2 aromatic rings. The Kier molecular flexibility index (Phi) is 5.60. The molecule has 3 nitrogen and oxygen atoms in total. The van der Waals surface area contributed by atoms with Crippen molar-refractivity contribution in [3.63, 3.8) is 0 Å². The number of fused-ring (bicyclic) bond motifs is 2. The van der Waals surface area contributed by atoms with Crippen LogP contribution in [0.2, 0.25) is 0 Å². The van der Waals surface area contributed by atoms with Crippen molar-refractivity contribution >= 4 is 23.1 Å². The minimum atomic E-state index is -0.140. The van der Waals surface area contributed by atoms with Crippen molar-refractivity contribution in [3.8, 4) is 0 Å². The Balaban J connectivity index is 1.83. The van der Waals surface area contributed by atoms with Gasteiger partial charge in [-0.2, -0.15) is 0 Å². The van der Waals surface area contributed by atoms with Crippen molar-refractivity contribution in [1.82, 2.24) is 0 Å². The molecule has 23 heavy (non-hydrogen) atoms. The van der Waals surface area contributed by atoms with Crippen LogP contribution in [0.4, 0.5) is 11.4 Å². The van der Waals surface area contributed by atoms with E-state index in [-0.39, 0.29) is 6.29 Å². The van der Waals surface area contributed by atoms with Gasteiger partial charge >= 0.3 is 0 Å². The molecule has 1 aliphatic rings. The average Bonchev–Trinajstić information content (AvgIpc) is 2.59. The zero-order valence-corrected chi connectivity index (χ0v) is 14.5. The molecule has 2 aromatic carbocycles. The summed E-state index contributed by atoms with van der Waals surface area (Å²) in [7, 11) is 0. The first kappa shape index (κ1) is 16.4. The molecule has 0 atom stereocenters. The number of nitrogens with zero attached hydrogens (tertiary/aromatic N) is 1. The van der Waals surface area contributed by atoms with Crippen molar-refractivity contribution in [2.75, 3.05) is 24.7 Å². The average molecular weight is 329 g/mol. The fourth-order valence-corrected chi connectivity index (χ4v) is 3.94. The zero-order valence-electron chi connectivity index (χ0n) is 13.7. The molecule has 0 saturated heterocycles. The number of ether oxygens (including phenoxy) is 2. The maximum Gasteiger partial charge on any atom is 0.159 e. The summed E-state index contributed by atoms with van der Waals surface area (Å²) in [6.45, 7) is 6.24. The van der Waals surface area contributed by atoms with Gasteiger partial charge in [0.1, 0.15) is 0 Å². The molecule has 0 spiro atoms. The number of hydrogen-bond donors (Lipinski definition) is 0. The van der Waals surface area contributed by atoms with Gasteiger partial charge in [0.25, 0.3) is 0 Å². The SMILES string of the molecule is CCOC(CCN1c2ccccc2Sc2ccccc21)OCC. The normalized spacial score (nSPS) is 13.1. The molecular formula is C19H23NO2S. The maximum absolute atomic E-state index is 5.70. The molecule has 3 rings (SSSR count). The van der Waals surface area contributed by atoms with Crippen LogP contribution in [0.3, 0.4) is 0 Å². The molecule has 0 amide bonds. The molecule has 4 heteroatoms. The van der Waals surface area contributed by atoms with Gasteiger partial charge in [0.2, 0.25) is 0 Å². The summed E-state index contributed by atoms with van der Waals surface area (Å²) in [5, 5.41) is 0. The summed E-state index contributed by atoms with van der Waals surface area (Å²) in [4.78, 5) is 4.98. The summed E-state index contributed by atoms with van der Waals surface area (Å²) in [5.74, 6) is 0. The Hall–Kier alpha value is -1.49. The van der Waals surface area contributed by atoms with Crippen molar-refractivity contribution < 1.29 is 9.47 Å². The summed E-state index contributed by atoms with van der Waals surface area (Å²) < 4.78 is 11.4. The van der Waals surface area contributed by atoms with E-state index in [0.717, 1.165) is 13.0 Å². The number of rotatable bonds is 7. The minimum Gasteiger partial charge on any atom is -0.353 e. The van der Waals surface area contributed by atoms with Crippen LogP contribution >= 0.6 is 11.8 Å². The van der Waals surface area contributed by atoms with Crippen molar-refractivity contribution in [2.24, 2.45) is 0 Å². The summed E-state index contributed by atoms with van der Waals surface area (Å²) >= 11 is 1.84. The minimum absolute atomic E-state index is 0.140. The van der Waals surface area contributed by atoms with E-state index in [9.17, 15) is 0 Å². The molecular weight excluding hydrogens is 306 g/mol. The maximum atomic E-state index is 5.70. The third-order valence-electron chi connectivity index (χ3n) is 3.83. The number of para-hydroxylation sites is 2. The highest BCUT2D eigenvalue weighted by Gasteiger charge is 2.23. The monoisotopic (exact) mass is 329 g/mol. The molecule has 1 aliphatic heterocycles. The van der Waals surface area contributed by atoms with E-state index in [0.29, 0.717) is 13.2 Å². The lowest BCUT2D eigenvalue weighted by molar-refractivity contribution is -0.137. The quantitative estimate of drug-likeness (QED) is 0.660. The second kappa shape index (κ2) is 7.86. The molecule has 0 radical (unpaired) electrons. The van der Waals surface area contributed by atoms with E-state index in [1.807, 2.05) is 25.6 Å². The number of benzene rings is 2. The van der Waals surface area contributed by atoms with E-state index in [1.165, 1.54) is 21.2 Å². The highest BCUT2D eigenvalue weighted by Crippen LogP contribution is 2.47. The molecule has 0 N–H and O–H groups in total. The summed E-state index contributed by atoms with van der Waals surface area (Å²) in [6.07, 6.45) is 0.702. The fraction of sp³-hybridized carbons (Fsp3) is 0.368. The van der Waals surface area contributed by atoms with Gasteiger partial charge in [0.15, 0.2) is 6.29 Å². The second-order valence-corrected chi connectivity index (χ2v) is 6.40. The highest BCUT2D eigenvalue weighted by molar-refractivity contribution is 7.99. The third kappa shape index (κ3) is 3.71. The highest BCUT2D eigenvalue weighted by atomic mass is 32.2. The molecule has 0 unspecified atom stereocenters. The van der Waals surface area contributed by atoms with Crippen molar-refractivity contribution in [2.45, 2.75) is 36.3 Å². The Morgan fingerprint density at radius 3 is 1.91 bits per heavy atom. The Morgan fingerprint density at radius 2 is 1.39 bits per heavy atom. The molecule has 0 fully saturated rings. The topological polar surface area (TPSA) is 21.7 Å². The summed E-state index contributed by atoms with van der Waals surface area (Å²) in [5.41, 5.74) is 2.53. The molecule has 0 aromatic heterocycles. The van der Waals surface area contributed by atoms with Crippen LogP contribution in [-0.4, -0.2) is 26.0 Å². The van der Waals surface area contributed by atoms with Gasteiger partial charge in [-0.1, -0.05) is 36.0 Å². The standard InChI is InChI=1S/C19H23NO2S/c1-3-21-19(22-4-2)13-14-20-15-9-5-7-11-17(15)23-18-12-8-6-10-16(18)20/h5-12,19H,3-4,13-14H2,1-2H3. The van der Waals surface area contributed by atoms with Crippen LogP contribution in [0, 0.1) is 0 Å². The number of hydrogen-bond acceptors (Lipinski definition) is 4. The van der Waals surface area contributed by atoms with E-state index >= 15 is 0 Å². The first-order chi connectivity index (χ1) is 11.3. The van der Waals surface area contributed by atoms with Gasteiger partial charge < -0.3 is 14.4 Å². The largest absolute Gasteiger partial charge is 0.353 e. The van der Waals surface area contributed by atoms with Gasteiger partial charge in [-0.3, -0.25) is 0 Å². The first-order valence-electron chi connectivity index (χ1n) is 8.20. The van der Waals surface area contributed by atoms with Gasteiger partial charge in [-0.25, -0.2) is 0 Å². The second-order valence-electron chi connectivity index (χ2n) is 5.32. The predicted octanol–water partition coefficient (Wildman–Crippen LogP) is 5.08. The lowest BCUT2D eigenvalue weighted by Gasteiger charge is -2.33. The zero-order chi connectivity index (χ0) is 16.1. The summed E-state index contributed by atoms with van der Waals surface area (Å²) in [6, 6.07) is 17.1. The molecule has 0 bridgehead atoms. The van der Waals surface area contributed by atoms with Crippen LogP contribution in [0.5, 0.6) is 0 Å².